The third-order valence-corrected chi connectivity index (χ3v) is 5.01. The Morgan fingerprint density at radius 2 is 1.40 bits per heavy atom. The van der Waals surface area contributed by atoms with E-state index >= 15 is 0 Å². The van der Waals surface area contributed by atoms with Crippen LogP contribution >= 0.6 is 0 Å². The van der Waals surface area contributed by atoms with E-state index in [9.17, 15) is 9.90 Å². The molecule has 3 aliphatic rings. The van der Waals surface area contributed by atoms with Crippen molar-refractivity contribution in [1.29, 1.82) is 0 Å². The highest BCUT2D eigenvalue weighted by Gasteiger charge is 2.43. The van der Waals surface area contributed by atoms with Gasteiger partial charge in [-0.1, -0.05) is 6.92 Å². The molecule has 2 aliphatic heterocycles. The zero-order valence-electron chi connectivity index (χ0n) is 12.5. The second-order valence-corrected chi connectivity index (χ2v) is 6.43. The molecule has 4 nitrogen and oxygen atoms in total. The Morgan fingerprint density at radius 1 is 0.900 bits per heavy atom. The van der Waals surface area contributed by atoms with E-state index < -0.39 is 6.10 Å². The molecule has 20 heavy (non-hydrogen) atoms. The summed E-state index contributed by atoms with van der Waals surface area (Å²) in [6.07, 6.45) is 6.59. The van der Waals surface area contributed by atoms with E-state index in [4.69, 9.17) is 0 Å². The number of likely N-dealkylation sites (tertiary alicyclic amines) is 2. The van der Waals surface area contributed by atoms with E-state index in [0.717, 1.165) is 50.4 Å². The number of allylic oxidation sites excluding steroid dienone is 1. The largest absolute Gasteiger partial charge is 0.386 e. The topological polar surface area (TPSA) is 43.8 Å². The SMILES string of the molecule is CC1C(=O)C(N2CCCCC2)=C(N2CCCCC2)C1O. The summed E-state index contributed by atoms with van der Waals surface area (Å²) < 4.78 is 0. The fourth-order valence-electron chi connectivity index (χ4n) is 3.77. The van der Waals surface area contributed by atoms with Gasteiger partial charge in [-0.2, -0.15) is 0 Å². The van der Waals surface area contributed by atoms with Gasteiger partial charge in [-0.05, 0) is 38.5 Å². The van der Waals surface area contributed by atoms with Crippen LogP contribution in [-0.4, -0.2) is 53.0 Å². The zero-order valence-corrected chi connectivity index (χ0v) is 12.5. The van der Waals surface area contributed by atoms with Crippen molar-refractivity contribution < 1.29 is 9.90 Å². The number of Topliss-reactive ketones (excluding diaryl/α,β-unsaturated/α-hetero) is 1. The number of carbonyl (C=O) groups is 1. The number of hydrogen-bond acceptors (Lipinski definition) is 4. The molecular formula is C16H26N2O2. The van der Waals surface area contributed by atoms with Gasteiger partial charge in [0.15, 0.2) is 5.78 Å². The Morgan fingerprint density at radius 3 is 1.95 bits per heavy atom. The Kier molecular flexibility index (Phi) is 4.01. The maximum atomic E-state index is 12.6. The van der Waals surface area contributed by atoms with Crippen LogP contribution in [0.25, 0.3) is 0 Å². The summed E-state index contributed by atoms with van der Waals surface area (Å²) in [7, 11) is 0. The molecule has 1 aliphatic carbocycles. The van der Waals surface area contributed by atoms with Gasteiger partial charge >= 0.3 is 0 Å². The number of ketones is 1. The lowest BCUT2D eigenvalue weighted by atomic mass is 10.0. The van der Waals surface area contributed by atoms with Crippen LogP contribution < -0.4 is 0 Å². The number of nitrogens with zero attached hydrogens (tertiary/aromatic N) is 2. The molecule has 0 aromatic rings. The molecule has 0 aromatic heterocycles. The zero-order chi connectivity index (χ0) is 14.1. The summed E-state index contributed by atoms with van der Waals surface area (Å²) in [6.45, 7) is 5.79. The molecular weight excluding hydrogens is 252 g/mol. The molecule has 0 amide bonds. The lowest BCUT2D eigenvalue weighted by molar-refractivity contribution is -0.121. The first-order valence-electron chi connectivity index (χ1n) is 8.16. The van der Waals surface area contributed by atoms with Crippen LogP contribution in [0.4, 0.5) is 0 Å². The Balaban J connectivity index is 1.92. The number of rotatable bonds is 2. The van der Waals surface area contributed by atoms with E-state index in [-0.39, 0.29) is 11.7 Å². The van der Waals surface area contributed by atoms with Gasteiger partial charge < -0.3 is 14.9 Å². The highest BCUT2D eigenvalue weighted by Crippen LogP contribution is 2.35. The summed E-state index contributed by atoms with van der Waals surface area (Å²) in [5, 5.41) is 10.5. The van der Waals surface area contributed by atoms with Crippen molar-refractivity contribution in [2.45, 2.75) is 51.6 Å². The average molecular weight is 278 g/mol. The van der Waals surface area contributed by atoms with Gasteiger partial charge in [0.25, 0.3) is 0 Å². The fraction of sp³-hybridized carbons (Fsp3) is 0.812. The molecule has 0 aromatic carbocycles. The van der Waals surface area contributed by atoms with Crippen LogP contribution in [0.1, 0.15) is 45.4 Å². The predicted octanol–water partition coefficient (Wildman–Crippen LogP) is 1.75. The molecule has 2 atom stereocenters. The minimum absolute atomic E-state index is 0.153. The van der Waals surface area contributed by atoms with Crippen LogP contribution in [0.15, 0.2) is 11.4 Å². The maximum Gasteiger partial charge on any atom is 0.186 e. The smallest absolute Gasteiger partial charge is 0.186 e. The van der Waals surface area contributed by atoms with E-state index in [1.54, 1.807) is 0 Å². The van der Waals surface area contributed by atoms with Crippen molar-refractivity contribution in [3.8, 4) is 0 Å². The van der Waals surface area contributed by atoms with E-state index in [2.05, 4.69) is 9.80 Å². The maximum absolute atomic E-state index is 12.6. The first-order chi connectivity index (χ1) is 9.70. The van der Waals surface area contributed by atoms with Crippen molar-refractivity contribution in [3.05, 3.63) is 11.4 Å². The summed E-state index contributed by atoms with van der Waals surface area (Å²) in [5.41, 5.74) is 1.77. The molecule has 2 fully saturated rings. The summed E-state index contributed by atoms with van der Waals surface area (Å²) in [6, 6.07) is 0. The predicted molar refractivity (Wildman–Crippen MR) is 78.1 cm³/mol. The molecule has 4 heteroatoms. The van der Waals surface area contributed by atoms with E-state index in [0.29, 0.717) is 0 Å². The second kappa shape index (κ2) is 5.76. The van der Waals surface area contributed by atoms with Crippen LogP contribution in [0.2, 0.25) is 0 Å². The molecule has 112 valence electrons. The van der Waals surface area contributed by atoms with Crippen molar-refractivity contribution in [3.63, 3.8) is 0 Å². The van der Waals surface area contributed by atoms with Gasteiger partial charge in [-0.3, -0.25) is 4.79 Å². The molecule has 0 saturated carbocycles. The summed E-state index contributed by atoms with van der Waals surface area (Å²) in [5.74, 6) is -0.121. The lowest BCUT2D eigenvalue weighted by Crippen LogP contribution is -2.37. The monoisotopic (exact) mass is 278 g/mol. The Hall–Kier alpha value is -1.03. The highest BCUT2D eigenvalue weighted by molar-refractivity contribution is 6.00. The molecule has 2 heterocycles. The van der Waals surface area contributed by atoms with Crippen LogP contribution in [0.5, 0.6) is 0 Å². The normalized spacial score (nSPS) is 32.2. The molecule has 3 rings (SSSR count). The second-order valence-electron chi connectivity index (χ2n) is 6.43. The van der Waals surface area contributed by atoms with E-state index in [1.165, 1.54) is 25.7 Å². The Bertz CT molecular complexity index is 407. The van der Waals surface area contributed by atoms with Gasteiger partial charge in [-0.25, -0.2) is 0 Å². The molecule has 0 spiro atoms. The van der Waals surface area contributed by atoms with Crippen LogP contribution in [0, 0.1) is 5.92 Å². The first-order valence-corrected chi connectivity index (χ1v) is 8.16. The van der Waals surface area contributed by atoms with Gasteiger partial charge in [0, 0.05) is 26.2 Å². The number of aliphatic hydroxyl groups is 1. The number of hydrogen-bond donors (Lipinski definition) is 1. The average Bonchev–Trinajstić information content (AvgIpc) is 2.73. The van der Waals surface area contributed by atoms with Gasteiger partial charge in [-0.15, -0.1) is 0 Å². The Labute approximate surface area is 121 Å². The lowest BCUT2D eigenvalue weighted by Gasteiger charge is -2.35. The van der Waals surface area contributed by atoms with Crippen LogP contribution in [-0.2, 0) is 4.79 Å². The quantitative estimate of drug-likeness (QED) is 0.836. The molecule has 2 saturated heterocycles. The molecule has 0 radical (unpaired) electrons. The molecule has 0 bridgehead atoms. The van der Waals surface area contributed by atoms with Crippen molar-refractivity contribution in [2.75, 3.05) is 26.2 Å². The summed E-state index contributed by atoms with van der Waals surface area (Å²) >= 11 is 0. The van der Waals surface area contributed by atoms with Crippen LogP contribution in [0.3, 0.4) is 0 Å². The van der Waals surface area contributed by atoms with E-state index in [1.807, 2.05) is 6.92 Å². The number of piperidine rings is 2. The minimum Gasteiger partial charge on any atom is -0.386 e. The van der Waals surface area contributed by atoms with Crippen molar-refractivity contribution in [2.24, 2.45) is 5.92 Å². The van der Waals surface area contributed by atoms with Crippen molar-refractivity contribution >= 4 is 5.78 Å². The van der Waals surface area contributed by atoms with Gasteiger partial charge in [0.2, 0.25) is 0 Å². The van der Waals surface area contributed by atoms with Gasteiger partial charge in [0.1, 0.15) is 11.8 Å². The van der Waals surface area contributed by atoms with Crippen molar-refractivity contribution in [1.82, 2.24) is 9.80 Å². The number of aliphatic hydroxyl groups excluding tert-OH is 1. The highest BCUT2D eigenvalue weighted by atomic mass is 16.3. The number of carbonyl (C=O) groups excluding carboxylic acids is 1. The molecule has 2 unspecified atom stereocenters. The fourth-order valence-corrected chi connectivity index (χ4v) is 3.77. The first kappa shape index (κ1) is 13.9. The standard InChI is InChI=1S/C16H26N2O2/c1-12-15(19)13(17-8-4-2-5-9-17)14(16(12)20)18-10-6-3-7-11-18/h12,15,19H,2-11H2,1H3. The minimum atomic E-state index is -0.600. The summed E-state index contributed by atoms with van der Waals surface area (Å²) in [4.78, 5) is 17.1. The van der Waals surface area contributed by atoms with Gasteiger partial charge in [0.05, 0.1) is 11.6 Å². The third kappa shape index (κ3) is 2.34. The molecule has 1 N–H and O–H groups in total. The third-order valence-electron chi connectivity index (χ3n) is 5.01.